The second-order valence-corrected chi connectivity index (χ2v) is 11.6. The van der Waals surface area contributed by atoms with E-state index in [2.05, 4.69) is 46.9 Å². The van der Waals surface area contributed by atoms with Gasteiger partial charge in [-0.1, -0.05) is 99.3 Å². The first-order valence-electron chi connectivity index (χ1n) is 13.6. The largest absolute Gasteiger partial charge is 0.331 e. The third-order valence-corrected chi connectivity index (χ3v) is 8.50. The molecule has 0 rings (SSSR count). The fourth-order valence-corrected chi connectivity index (χ4v) is 5.51. The number of hydrogen-bond acceptors (Lipinski definition) is 4. The summed E-state index contributed by atoms with van der Waals surface area (Å²) in [4.78, 5) is 0. The molecular weight excluding hydrogens is 405 g/mol. The van der Waals surface area contributed by atoms with Crippen LogP contribution >= 0.6 is 7.60 Å². The Bertz CT molecular complexity index is 409. The maximum atomic E-state index is 13.6. The molecule has 0 radical (unpaired) electrons. The average molecular weight is 462 g/mol. The van der Waals surface area contributed by atoms with Gasteiger partial charge in [0.05, 0.1) is 19.4 Å². The molecule has 0 bridgehead atoms. The molecule has 0 saturated heterocycles. The zero-order valence-corrected chi connectivity index (χ0v) is 22.8. The van der Waals surface area contributed by atoms with Crippen molar-refractivity contribution in [2.75, 3.05) is 32.5 Å². The second-order valence-electron chi connectivity index (χ2n) is 9.38. The summed E-state index contributed by atoms with van der Waals surface area (Å²) in [5.41, 5.74) is 0. The molecule has 0 amide bonds. The van der Waals surface area contributed by atoms with Gasteiger partial charge in [0.25, 0.3) is 0 Å². The molecule has 1 N–H and O–H groups in total. The van der Waals surface area contributed by atoms with Crippen LogP contribution in [0.2, 0.25) is 0 Å². The lowest BCUT2D eigenvalue weighted by molar-refractivity contribution is 0.151. The van der Waals surface area contributed by atoms with Gasteiger partial charge in [-0.25, -0.2) is 0 Å². The van der Waals surface area contributed by atoms with Gasteiger partial charge < -0.3 is 14.4 Å². The lowest BCUT2D eigenvalue weighted by atomic mass is 9.99. The number of hydrogen-bond donors (Lipinski definition) is 1. The maximum Gasteiger partial charge on any atom is 0.331 e. The Labute approximate surface area is 195 Å². The van der Waals surface area contributed by atoms with Gasteiger partial charge in [-0.05, 0) is 43.6 Å². The van der Waals surface area contributed by atoms with Crippen molar-refractivity contribution in [3.05, 3.63) is 0 Å². The molecule has 0 aromatic heterocycles. The first-order valence-corrected chi connectivity index (χ1v) is 15.3. The van der Waals surface area contributed by atoms with Crippen LogP contribution < -0.4 is 5.32 Å². The van der Waals surface area contributed by atoms with Crippen LogP contribution in [0.1, 0.15) is 119 Å². The van der Waals surface area contributed by atoms with Crippen LogP contribution in [0.25, 0.3) is 0 Å². The van der Waals surface area contributed by atoms with Crippen LogP contribution in [0.5, 0.6) is 0 Å². The number of rotatable bonds is 23. The highest BCUT2D eigenvalue weighted by Crippen LogP contribution is 2.49. The molecule has 0 aliphatic heterocycles. The molecule has 4 nitrogen and oxygen atoms in total. The van der Waals surface area contributed by atoms with Gasteiger partial charge in [0.15, 0.2) is 0 Å². The van der Waals surface area contributed by atoms with Crippen molar-refractivity contribution in [2.24, 2.45) is 17.8 Å². The Kier molecular flexibility index (Phi) is 20.8. The predicted octanol–water partition coefficient (Wildman–Crippen LogP) is 8.45. The summed E-state index contributed by atoms with van der Waals surface area (Å²) in [5.74, 6) is 1.66. The SMILES string of the molecule is CCCCC(CC)CNCCP(=O)(OCC(CC)CCCC)OCC(CC)CCCC. The molecule has 0 aliphatic rings. The van der Waals surface area contributed by atoms with Crippen LogP contribution in [0, 0.1) is 17.8 Å². The van der Waals surface area contributed by atoms with E-state index in [-0.39, 0.29) is 0 Å². The summed E-state index contributed by atoms with van der Waals surface area (Å²) in [6.45, 7) is 16.2. The molecule has 0 fully saturated rings. The van der Waals surface area contributed by atoms with Crippen molar-refractivity contribution in [1.29, 1.82) is 0 Å². The van der Waals surface area contributed by atoms with Gasteiger partial charge >= 0.3 is 7.60 Å². The summed E-state index contributed by atoms with van der Waals surface area (Å²) >= 11 is 0. The molecule has 5 heteroatoms. The standard InChI is InChI=1S/C26H56NO3P/c1-7-13-16-24(10-4)21-27-19-20-31(28,29-22-25(11-5)17-14-8-2)30-23-26(12-6)18-15-9-3/h24-27H,7-23H2,1-6H3. The number of nitrogens with one attached hydrogen (secondary N) is 1. The van der Waals surface area contributed by atoms with Crippen LogP contribution in [0.4, 0.5) is 0 Å². The third-order valence-electron chi connectivity index (χ3n) is 6.64. The zero-order chi connectivity index (χ0) is 23.4. The van der Waals surface area contributed by atoms with E-state index in [0.29, 0.717) is 43.7 Å². The topological polar surface area (TPSA) is 47.6 Å². The summed E-state index contributed by atoms with van der Waals surface area (Å²) in [6.07, 6.45) is 14.7. The average Bonchev–Trinajstić information content (AvgIpc) is 2.79. The van der Waals surface area contributed by atoms with Crippen molar-refractivity contribution < 1.29 is 13.6 Å². The Balaban J connectivity index is 4.77. The Morgan fingerprint density at radius 1 is 0.677 bits per heavy atom. The Morgan fingerprint density at radius 3 is 1.48 bits per heavy atom. The van der Waals surface area contributed by atoms with E-state index in [1.165, 1.54) is 51.4 Å². The second kappa shape index (κ2) is 20.7. The molecule has 0 saturated carbocycles. The minimum Gasteiger partial charge on any atom is -0.316 e. The van der Waals surface area contributed by atoms with Crippen molar-refractivity contribution >= 4 is 7.60 Å². The highest BCUT2D eigenvalue weighted by atomic mass is 31.2. The first kappa shape index (κ1) is 31.1. The minimum atomic E-state index is -3.07. The van der Waals surface area contributed by atoms with Crippen molar-refractivity contribution in [1.82, 2.24) is 5.32 Å². The van der Waals surface area contributed by atoms with Gasteiger partial charge in [-0.3, -0.25) is 4.57 Å². The molecule has 188 valence electrons. The molecule has 0 spiro atoms. The van der Waals surface area contributed by atoms with Crippen molar-refractivity contribution in [3.8, 4) is 0 Å². The van der Waals surface area contributed by atoms with Crippen LogP contribution in [0.3, 0.4) is 0 Å². The summed E-state index contributed by atoms with van der Waals surface area (Å²) in [5, 5.41) is 3.54. The monoisotopic (exact) mass is 461 g/mol. The van der Waals surface area contributed by atoms with Gasteiger partial charge in [0, 0.05) is 6.54 Å². The predicted molar refractivity (Wildman–Crippen MR) is 137 cm³/mol. The molecular formula is C26H56NO3P. The van der Waals surface area contributed by atoms with Gasteiger partial charge in [-0.15, -0.1) is 0 Å². The van der Waals surface area contributed by atoms with E-state index in [1.807, 2.05) is 0 Å². The quantitative estimate of drug-likeness (QED) is 0.122. The maximum absolute atomic E-state index is 13.6. The fourth-order valence-electron chi connectivity index (χ4n) is 3.87. The van der Waals surface area contributed by atoms with E-state index >= 15 is 0 Å². The van der Waals surface area contributed by atoms with E-state index in [0.717, 1.165) is 32.2 Å². The van der Waals surface area contributed by atoms with Gasteiger partial charge in [-0.2, -0.15) is 0 Å². The lowest BCUT2D eigenvalue weighted by Gasteiger charge is -2.24. The molecule has 31 heavy (non-hydrogen) atoms. The fraction of sp³-hybridized carbons (Fsp3) is 1.00. The van der Waals surface area contributed by atoms with Crippen LogP contribution in [-0.2, 0) is 13.6 Å². The van der Waals surface area contributed by atoms with E-state index < -0.39 is 7.60 Å². The first-order chi connectivity index (χ1) is 15.0. The van der Waals surface area contributed by atoms with Crippen molar-refractivity contribution in [3.63, 3.8) is 0 Å². The molecule has 3 atom stereocenters. The molecule has 3 unspecified atom stereocenters. The van der Waals surface area contributed by atoms with Gasteiger partial charge in [0.1, 0.15) is 0 Å². The normalized spacial score (nSPS) is 16.7. The van der Waals surface area contributed by atoms with E-state index in [4.69, 9.17) is 9.05 Å². The lowest BCUT2D eigenvalue weighted by Crippen LogP contribution is -2.26. The third kappa shape index (κ3) is 16.4. The summed E-state index contributed by atoms with van der Waals surface area (Å²) in [7, 11) is -3.07. The minimum absolute atomic E-state index is 0.477. The van der Waals surface area contributed by atoms with Crippen LogP contribution in [-0.4, -0.2) is 32.5 Å². The molecule has 0 aliphatic carbocycles. The Morgan fingerprint density at radius 2 is 1.10 bits per heavy atom. The molecule has 0 aromatic carbocycles. The van der Waals surface area contributed by atoms with Crippen LogP contribution in [0.15, 0.2) is 0 Å². The number of unbranched alkanes of at least 4 members (excludes halogenated alkanes) is 3. The summed E-state index contributed by atoms with van der Waals surface area (Å²) in [6, 6.07) is 0. The summed E-state index contributed by atoms with van der Waals surface area (Å²) < 4.78 is 25.7. The Hall–Kier alpha value is 0.110. The molecule has 0 aromatic rings. The smallest absolute Gasteiger partial charge is 0.316 e. The zero-order valence-electron chi connectivity index (χ0n) is 21.9. The van der Waals surface area contributed by atoms with Gasteiger partial charge in [0.2, 0.25) is 0 Å². The van der Waals surface area contributed by atoms with E-state index in [1.54, 1.807) is 0 Å². The highest BCUT2D eigenvalue weighted by Gasteiger charge is 2.27. The molecule has 0 heterocycles. The highest BCUT2D eigenvalue weighted by molar-refractivity contribution is 7.53. The van der Waals surface area contributed by atoms with E-state index in [9.17, 15) is 4.57 Å². The van der Waals surface area contributed by atoms with Crippen molar-refractivity contribution in [2.45, 2.75) is 119 Å².